The molecule has 1 aromatic rings. The Balaban J connectivity index is 2.24. The Labute approximate surface area is 121 Å². The topological polar surface area (TPSA) is 113 Å². The summed E-state index contributed by atoms with van der Waals surface area (Å²) in [7, 11) is 1.63. The van der Waals surface area contributed by atoms with Gasteiger partial charge in [-0.2, -0.15) is 5.26 Å². The maximum atomic E-state index is 11.1. The van der Waals surface area contributed by atoms with Gasteiger partial charge in [0.2, 0.25) is 5.82 Å². The number of nitro groups is 1. The SMILES string of the molecule is CN(CC1(O)CCOCC1)c1ncc(C#N)cc1[N+](=O)[O-]. The molecule has 0 unspecified atom stereocenters. The van der Waals surface area contributed by atoms with Crippen LogP contribution in [-0.2, 0) is 4.74 Å². The average molecular weight is 292 g/mol. The molecule has 0 aromatic carbocycles. The molecule has 2 rings (SSSR count). The summed E-state index contributed by atoms with van der Waals surface area (Å²) in [5.74, 6) is 0.138. The maximum absolute atomic E-state index is 11.1. The predicted molar refractivity (Wildman–Crippen MR) is 73.9 cm³/mol. The molecule has 1 saturated heterocycles. The second-order valence-corrected chi connectivity index (χ2v) is 5.13. The van der Waals surface area contributed by atoms with Crippen LogP contribution in [0.1, 0.15) is 18.4 Å². The number of ether oxygens (including phenoxy) is 1. The summed E-state index contributed by atoms with van der Waals surface area (Å²) in [5, 5.41) is 30.4. The van der Waals surface area contributed by atoms with Crippen molar-refractivity contribution in [2.75, 3.05) is 31.7 Å². The van der Waals surface area contributed by atoms with Crippen molar-refractivity contribution in [2.45, 2.75) is 18.4 Å². The molecule has 2 heterocycles. The smallest absolute Gasteiger partial charge is 0.312 e. The van der Waals surface area contributed by atoms with Crippen LogP contribution in [0.2, 0.25) is 0 Å². The quantitative estimate of drug-likeness (QED) is 0.646. The summed E-state index contributed by atoms with van der Waals surface area (Å²) in [6, 6.07) is 3.01. The molecule has 8 heteroatoms. The van der Waals surface area contributed by atoms with Crippen molar-refractivity contribution in [3.63, 3.8) is 0 Å². The third kappa shape index (κ3) is 3.45. The normalized spacial score (nSPS) is 17.0. The average Bonchev–Trinajstić information content (AvgIpc) is 2.46. The lowest BCUT2D eigenvalue weighted by molar-refractivity contribution is -0.384. The number of nitrogens with zero attached hydrogens (tertiary/aromatic N) is 4. The van der Waals surface area contributed by atoms with Crippen LogP contribution in [0.3, 0.4) is 0 Å². The molecule has 0 bridgehead atoms. The maximum Gasteiger partial charge on any atom is 0.312 e. The zero-order valence-corrected chi connectivity index (χ0v) is 11.7. The Kier molecular flexibility index (Phi) is 4.35. The Hall–Kier alpha value is -2.24. The molecule has 1 aliphatic heterocycles. The van der Waals surface area contributed by atoms with Gasteiger partial charge in [0.15, 0.2) is 0 Å². The molecule has 1 aromatic heterocycles. The molecule has 1 N–H and O–H groups in total. The fourth-order valence-electron chi connectivity index (χ4n) is 2.36. The van der Waals surface area contributed by atoms with Crippen molar-refractivity contribution >= 4 is 11.5 Å². The van der Waals surface area contributed by atoms with E-state index in [1.165, 1.54) is 12.3 Å². The minimum atomic E-state index is -0.948. The molecule has 0 radical (unpaired) electrons. The van der Waals surface area contributed by atoms with E-state index >= 15 is 0 Å². The third-order valence-electron chi connectivity index (χ3n) is 3.49. The Morgan fingerprint density at radius 2 is 2.29 bits per heavy atom. The van der Waals surface area contributed by atoms with E-state index in [2.05, 4.69) is 4.98 Å². The van der Waals surface area contributed by atoms with Gasteiger partial charge in [-0.05, 0) is 0 Å². The number of aromatic nitrogens is 1. The van der Waals surface area contributed by atoms with Gasteiger partial charge < -0.3 is 14.7 Å². The van der Waals surface area contributed by atoms with Crippen LogP contribution in [0, 0.1) is 21.4 Å². The van der Waals surface area contributed by atoms with Crippen molar-refractivity contribution in [1.82, 2.24) is 4.98 Å². The first-order valence-corrected chi connectivity index (χ1v) is 6.51. The summed E-state index contributed by atoms with van der Waals surface area (Å²) in [6.45, 7) is 1.15. The summed E-state index contributed by atoms with van der Waals surface area (Å²) >= 11 is 0. The fraction of sp³-hybridized carbons (Fsp3) is 0.538. The highest BCUT2D eigenvalue weighted by atomic mass is 16.6. The molecular formula is C13H16N4O4. The first-order chi connectivity index (χ1) is 9.95. The van der Waals surface area contributed by atoms with E-state index in [-0.39, 0.29) is 23.6 Å². The number of anilines is 1. The number of rotatable bonds is 4. The molecule has 0 saturated carbocycles. The first-order valence-electron chi connectivity index (χ1n) is 6.51. The predicted octanol–water partition coefficient (Wildman–Crippen LogP) is 0.839. The molecule has 1 fully saturated rings. The minimum absolute atomic E-state index is 0.128. The van der Waals surface area contributed by atoms with Gasteiger partial charge in [-0.3, -0.25) is 10.1 Å². The molecular weight excluding hydrogens is 276 g/mol. The summed E-state index contributed by atoms with van der Waals surface area (Å²) < 4.78 is 5.21. The van der Waals surface area contributed by atoms with Gasteiger partial charge in [-0.1, -0.05) is 0 Å². The van der Waals surface area contributed by atoms with E-state index in [0.717, 1.165) is 0 Å². The summed E-state index contributed by atoms with van der Waals surface area (Å²) in [6.07, 6.45) is 2.23. The second-order valence-electron chi connectivity index (χ2n) is 5.13. The zero-order chi connectivity index (χ0) is 15.5. The molecule has 21 heavy (non-hydrogen) atoms. The van der Waals surface area contributed by atoms with E-state index in [1.54, 1.807) is 11.9 Å². The largest absolute Gasteiger partial charge is 0.388 e. The highest BCUT2D eigenvalue weighted by Crippen LogP contribution is 2.29. The molecule has 0 atom stereocenters. The van der Waals surface area contributed by atoms with Crippen LogP contribution >= 0.6 is 0 Å². The lowest BCUT2D eigenvalue weighted by atomic mass is 9.94. The molecule has 112 valence electrons. The van der Waals surface area contributed by atoms with E-state index in [4.69, 9.17) is 10.00 Å². The summed E-state index contributed by atoms with van der Waals surface area (Å²) in [4.78, 5) is 16.1. The standard InChI is InChI=1S/C13H16N4O4/c1-16(9-13(18)2-4-21-5-3-13)12-11(17(19)20)6-10(7-14)8-15-12/h6,8,18H,2-5,9H2,1H3. The highest BCUT2D eigenvalue weighted by Gasteiger charge is 2.33. The van der Waals surface area contributed by atoms with Crippen LogP contribution in [0.15, 0.2) is 12.3 Å². The van der Waals surface area contributed by atoms with Gasteiger partial charge >= 0.3 is 5.69 Å². The minimum Gasteiger partial charge on any atom is -0.388 e. The molecule has 8 nitrogen and oxygen atoms in total. The van der Waals surface area contributed by atoms with Crippen molar-refractivity contribution < 1.29 is 14.8 Å². The Bertz CT molecular complexity index is 578. The molecule has 0 amide bonds. The third-order valence-corrected chi connectivity index (χ3v) is 3.49. The first kappa shape index (κ1) is 15.2. The van der Waals surface area contributed by atoms with E-state index in [1.807, 2.05) is 6.07 Å². The Morgan fingerprint density at radius 3 is 2.86 bits per heavy atom. The van der Waals surface area contributed by atoms with Crippen molar-refractivity contribution in [2.24, 2.45) is 0 Å². The molecule has 0 spiro atoms. The van der Waals surface area contributed by atoms with Gasteiger partial charge in [-0.25, -0.2) is 4.98 Å². The van der Waals surface area contributed by atoms with Gasteiger partial charge in [0.25, 0.3) is 0 Å². The van der Waals surface area contributed by atoms with E-state index < -0.39 is 10.5 Å². The van der Waals surface area contributed by atoms with Crippen molar-refractivity contribution in [3.8, 4) is 6.07 Å². The summed E-state index contributed by atoms with van der Waals surface area (Å²) in [5.41, 5.74) is -1.06. The number of hydrogen-bond acceptors (Lipinski definition) is 7. The lowest BCUT2D eigenvalue weighted by Crippen LogP contribution is -2.46. The number of hydrogen-bond donors (Lipinski definition) is 1. The molecule has 1 aliphatic rings. The van der Waals surface area contributed by atoms with Crippen LogP contribution in [-0.4, -0.2) is 47.4 Å². The number of nitriles is 1. The lowest BCUT2D eigenvalue weighted by Gasteiger charge is -2.35. The van der Waals surface area contributed by atoms with Crippen LogP contribution < -0.4 is 4.90 Å². The number of aliphatic hydroxyl groups is 1. The van der Waals surface area contributed by atoms with Gasteiger partial charge in [-0.15, -0.1) is 0 Å². The highest BCUT2D eigenvalue weighted by molar-refractivity contribution is 5.59. The Morgan fingerprint density at radius 1 is 1.62 bits per heavy atom. The number of likely N-dealkylation sites (N-methyl/N-ethyl adjacent to an activating group) is 1. The van der Waals surface area contributed by atoms with E-state index in [9.17, 15) is 15.2 Å². The number of pyridine rings is 1. The molecule has 0 aliphatic carbocycles. The van der Waals surface area contributed by atoms with E-state index in [0.29, 0.717) is 26.1 Å². The van der Waals surface area contributed by atoms with Crippen LogP contribution in [0.5, 0.6) is 0 Å². The van der Waals surface area contributed by atoms with Crippen LogP contribution in [0.4, 0.5) is 11.5 Å². The zero-order valence-electron chi connectivity index (χ0n) is 11.7. The fourth-order valence-corrected chi connectivity index (χ4v) is 2.36. The van der Waals surface area contributed by atoms with Gasteiger partial charge in [0, 0.05) is 51.9 Å². The van der Waals surface area contributed by atoms with Crippen molar-refractivity contribution in [1.29, 1.82) is 5.26 Å². The monoisotopic (exact) mass is 292 g/mol. The van der Waals surface area contributed by atoms with Crippen LogP contribution in [0.25, 0.3) is 0 Å². The van der Waals surface area contributed by atoms with Gasteiger partial charge in [0.1, 0.15) is 6.07 Å². The second kappa shape index (κ2) is 6.03. The van der Waals surface area contributed by atoms with Crippen molar-refractivity contribution in [3.05, 3.63) is 27.9 Å². The van der Waals surface area contributed by atoms with Gasteiger partial charge in [0.05, 0.1) is 16.1 Å².